The molecule has 0 spiro atoms. The molecule has 2 heterocycles. The molecule has 2 aromatic rings. The number of fused-ring (bicyclic) bond motifs is 1. The number of rotatable bonds is 5. The molecule has 0 radical (unpaired) electrons. The maximum absolute atomic E-state index is 12.8. The third-order valence-electron chi connectivity index (χ3n) is 5.13. The highest BCUT2D eigenvalue weighted by Crippen LogP contribution is 2.33. The van der Waals surface area contributed by atoms with Gasteiger partial charge in [0.05, 0.1) is 5.69 Å². The Morgan fingerprint density at radius 2 is 1.92 bits per heavy atom. The molecule has 1 unspecified atom stereocenters. The van der Waals surface area contributed by atoms with E-state index in [1.165, 1.54) is 16.0 Å². The Balaban J connectivity index is 1.55. The molecule has 2 aliphatic rings. The van der Waals surface area contributed by atoms with Crippen LogP contribution in [-0.4, -0.2) is 23.4 Å². The molecule has 5 heteroatoms. The molecule has 1 saturated heterocycles. The summed E-state index contributed by atoms with van der Waals surface area (Å²) in [6.07, 6.45) is 2.22. The van der Waals surface area contributed by atoms with E-state index in [2.05, 4.69) is 18.3 Å². The minimum absolute atomic E-state index is 0.127. The molecule has 5 nitrogen and oxygen atoms in total. The molecule has 2 aromatic carbocycles. The molecule has 2 aliphatic heterocycles. The topological polar surface area (TPSA) is 52.7 Å². The lowest BCUT2D eigenvalue weighted by Crippen LogP contribution is -2.32. The van der Waals surface area contributed by atoms with Gasteiger partial charge in [-0.2, -0.15) is 0 Å². The predicted molar refractivity (Wildman–Crippen MR) is 101 cm³/mol. The first-order valence-corrected chi connectivity index (χ1v) is 9.19. The molecular weight excluding hydrogens is 326 g/mol. The van der Waals surface area contributed by atoms with Gasteiger partial charge >= 0.3 is 6.03 Å². The summed E-state index contributed by atoms with van der Waals surface area (Å²) in [5, 5.41) is 3.51. The van der Waals surface area contributed by atoms with Crippen LogP contribution in [0.15, 0.2) is 48.5 Å². The van der Waals surface area contributed by atoms with E-state index < -0.39 is 0 Å². The zero-order valence-corrected chi connectivity index (χ0v) is 14.9. The molecular formula is C21H23N3O2. The number of amides is 3. The number of nitrogens with one attached hydrogen (secondary N) is 1. The van der Waals surface area contributed by atoms with E-state index in [1.54, 1.807) is 4.90 Å². The number of imide groups is 1. The van der Waals surface area contributed by atoms with Crippen LogP contribution in [-0.2, 0) is 17.9 Å². The Bertz CT molecular complexity index is 834. The molecule has 26 heavy (non-hydrogen) atoms. The number of anilines is 1. The zero-order valence-electron chi connectivity index (χ0n) is 14.9. The summed E-state index contributed by atoms with van der Waals surface area (Å²) in [4.78, 5) is 28.2. The fourth-order valence-corrected chi connectivity index (χ4v) is 3.85. The summed E-state index contributed by atoms with van der Waals surface area (Å²) in [6.45, 7) is 3.54. The van der Waals surface area contributed by atoms with Crippen molar-refractivity contribution in [3.63, 3.8) is 0 Å². The van der Waals surface area contributed by atoms with Gasteiger partial charge in [0.2, 0.25) is 0 Å². The maximum atomic E-state index is 12.8. The van der Waals surface area contributed by atoms with Crippen molar-refractivity contribution in [3.8, 4) is 0 Å². The second-order valence-electron chi connectivity index (χ2n) is 6.96. The highest BCUT2D eigenvalue weighted by Gasteiger charge is 2.37. The first-order chi connectivity index (χ1) is 12.7. The highest BCUT2D eigenvalue weighted by atomic mass is 16.2. The summed E-state index contributed by atoms with van der Waals surface area (Å²) < 4.78 is 0. The lowest BCUT2D eigenvalue weighted by molar-refractivity contribution is -0.116. The van der Waals surface area contributed by atoms with E-state index in [-0.39, 0.29) is 18.5 Å². The Hall–Kier alpha value is -2.66. The SMILES string of the molecule is CCCC1NCc2cc(N3C(=O)CN(Cc4ccccc4)C3=O)ccc21. The normalized spacial score (nSPS) is 19.3. The van der Waals surface area contributed by atoms with Crippen LogP contribution < -0.4 is 10.2 Å². The minimum Gasteiger partial charge on any atom is -0.310 e. The van der Waals surface area contributed by atoms with Crippen LogP contribution in [0.25, 0.3) is 0 Å². The average Bonchev–Trinajstić information content (AvgIpc) is 3.17. The van der Waals surface area contributed by atoms with Crippen LogP contribution in [0.3, 0.4) is 0 Å². The first kappa shape index (κ1) is 16.8. The standard InChI is InChI=1S/C21H23N3O2/c1-2-6-19-18-10-9-17(11-16(18)12-22-19)24-20(25)14-23(21(24)26)13-15-7-4-3-5-8-15/h3-5,7-11,19,22H,2,6,12-14H2,1H3. The van der Waals surface area contributed by atoms with Crippen LogP contribution in [0.5, 0.6) is 0 Å². The van der Waals surface area contributed by atoms with Crippen molar-refractivity contribution in [1.82, 2.24) is 10.2 Å². The van der Waals surface area contributed by atoms with Gasteiger partial charge in [0, 0.05) is 19.1 Å². The second-order valence-corrected chi connectivity index (χ2v) is 6.96. The predicted octanol–water partition coefficient (Wildman–Crippen LogP) is 3.60. The van der Waals surface area contributed by atoms with Crippen molar-refractivity contribution in [2.75, 3.05) is 11.4 Å². The van der Waals surface area contributed by atoms with Crippen molar-refractivity contribution in [3.05, 3.63) is 65.2 Å². The molecule has 0 aromatic heterocycles. The van der Waals surface area contributed by atoms with Crippen molar-refractivity contribution in [1.29, 1.82) is 0 Å². The number of hydrogen-bond donors (Lipinski definition) is 1. The van der Waals surface area contributed by atoms with Gasteiger partial charge in [-0.1, -0.05) is 49.7 Å². The van der Waals surface area contributed by atoms with Crippen molar-refractivity contribution in [2.24, 2.45) is 0 Å². The average molecular weight is 349 g/mol. The van der Waals surface area contributed by atoms with Crippen molar-refractivity contribution < 1.29 is 9.59 Å². The minimum atomic E-state index is -0.241. The molecule has 0 saturated carbocycles. The fraction of sp³-hybridized carbons (Fsp3) is 0.333. The lowest BCUT2D eigenvalue weighted by atomic mass is 10.0. The van der Waals surface area contributed by atoms with E-state index >= 15 is 0 Å². The van der Waals surface area contributed by atoms with Crippen LogP contribution in [0.2, 0.25) is 0 Å². The van der Waals surface area contributed by atoms with Gasteiger partial charge in [-0.05, 0) is 35.2 Å². The Kier molecular flexibility index (Phi) is 4.47. The van der Waals surface area contributed by atoms with Gasteiger partial charge < -0.3 is 10.2 Å². The smallest absolute Gasteiger partial charge is 0.310 e. The van der Waals surface area contributed by atoms with E-state index in [0.717, 1.165) is 24.9 Å². The largest absolute Gasteiger partial charge is 0.332 e. The summed E-state index contributed by atoms with van der Waals surface area (Å²) in [7, 11) is 0. The number of carbonyl (C=O) groups is 2. The van der Waals surface area contributed by atoms with Gasteiger partial charge in [0.15, 0.2) is 0 Å². The number of carbonyl (C=O) groups excluding carboxylic acids is 2. The monoisotopic (exact) mass is 349 g/mol. The van der Waals surface area contributed by atoms with Gasteiger partial charge in [-0.15, -0.1) is 0 Å². The number of hydrogen-bond acceptors (Lipinski definition) is 3. The van der Waals surface area contributed by atoms with E-state index in [0.29, 0.717) is 18.3 Å². The van der Waals surface area contributed by atoms with E-state index in [9.17, 15) is 9.59 Å². The molecule has 3 amide bonds. The number of urea groups is 1. The Labute approximate surface area is 153 Å². The molecule has 1 fully saturated rings. The summed E-state index contributed by atoms with van der Waals surface area (Å²) in [5.41, 5.74) is 4.17. The molecule has 1 atom stereocenters. The molecule has 1 N–H and O–H groups in total. The van der Waals surface area contributed by atoms with E-state index in [1.807, 2.05) is 42.5 Å². The molecule has 4 rings (SSSR count). The third kappa shape index (κ3) is 2.99. The second kappa shape index (κ2) is 6.92. The summed E-state index contributed by atoms with van der Waals surface area (Å²) in [6, 6.07) is 15.8. The highest BCUT2D eigenvalue weighted by molar-refractivity contribution is 6.19. The van der Waals surface area contributed by atoms with Gasteiger partial charge in [0.25, 0.3) is 5.91 Å². The van der Waals surface area contributed by atoms with Gasteiger partial charge in [-0.25, -0.2) is 9.69 Å². The van der Waals surface area contributed by atoms with E-state index in [4.69, 9.17) is 0 Å². The maximum Gasteiger partial charge on any atom is 0.332 e. The van der Waals surface area contributed by atoms with Crippen LogP contribution >= 0.6 is 0 Å². The first-order valence-electron chi connectivity index (χ1n) is 9.19. The molecule has 134 valence electrons. The molecule has 0 bridgehead atoms. The van der Waals surface area contributed by atoms with Crippen LogP contribution in [0.4, 0.5) is 10.5 Å². The fourth-order valence-electron chi connectivity index (χ4n) is 3.85. The summed E-state index contributed by atoms with van der Waals surface area (Å²) in [5.74, 6) is -0.165. The molecule has 0 aliphatic carbocycles. The Morgan fingerprint density at radius 1 is 1.12 bits per heavy atom. The van der Waals surface area contributed by atoms with Gasteiger partial charge in [-0.3, -0.25) is 4.79 Å². The van der Waals surface area contributed by atoms with Crippen molar-refractivity contribution in [2.45, 2.75) is 38.9 Å². The van der Waals surface area contributed by atoms with Crippen LogP contribution in [0, 0.1) is 0 Å². The lowest BCUT2D eigenvalue weighted by Gasteiger charge is -2.18. The number of benzene rings is 2. The Morgan fingerprint density at radius 3 is 2.69 bits per heavy atom. The third-order valence-corrected chi connectivity index (χ3v) is 5.13. The zero-order chi connectivity index (χ0) is 18.1. The summed E-state index contributed by atoms with van der Waals surface area (Å²) >= 11 is 0. The van der Waals surface area contributed by atoms with Crippen LogP contribution in [0.1, 0.15) is 42.5 Å². The quantitative estimate of drug-likeness (QED) is 0.839. The van der Waals surface area contributed by atoms with Crippen molar-refractivity contribution >= 4 is 17.6 Å². The van der Waals surface area contributed by atoms with Gasteiger partial charge in [0.1, 0.15) is 6.54 Å². The number of nitrogens with zero attached hydrogens (tertiary/aromatic N) is 2.